The van der Waals surface area contributed by atoms with E-state index in [1.54, 1.807) is 7.11 Å². The third kappa shape index (κ3) is 2.18. The lowest BCUT2D eigenvalue weighted by Gasteiger charge is -2.08. The van der Waals surface area contributed by atoms with Crippen LogP contribution in [0.15, 0.2) is 18.2 Å². The van der Waals surface area contributed by atoms with Gasteiger partial charge in [-0.3, -0.25) is 0 Å². The van der Waals surface area contributed by atoms with E-state index in [9.17, 15) is 0 Å². The SMILES string of the molecule is CCc1cc(Cc2nn[nH]n2)ccc1OC. The lowest BCUT2D eigenvalue weighted by molar-refractivity contribution is 0.410. The first-order valence-corrected chi connectivity index (χ1v) is 5.21. The highest BCUT2D eigenvalue weighted by molar-refractivity contribution is 5.38. The van der Waals surface area contributed by atoms with Gasteiger partial charge in [0.1, 0.15) is 5.75 Å². The van der Waals surface area contributed by atoms with Crippen molar-refractivity contribution in [3.63, 3.8) is 0 Å². The molecule has 2 aromatic rings. The highest BCUT2D eigenvalue weighted by atomic mass is 16.5. The average Bonchev–Trinajstić information content (AvgIpc) is 2.81. The lowest BCUT2D eigenvalue weighted by atomic mass is 10.1. The number of nitrogens with one attached hydrogen (secondary N) is 1. The first kappa shape index (κ1) is 10.6. The van der Waals surface area contributed by atoms with Crippen molar-refractivity contribution >= 4 is 0 Å². The van der Waals surface area contributed by atoms with Crippen LogP contribution in [-0.2, 0) is 12.8 Å². The second-order valence-corrected chi connectivity index (χ2v) is 3.50. The molecule has 0 amide bonds. The summed E-state index contributed by atoms with van der Waals surface area (Å²) in [7, 11) is 1.69. The van der Waals surface area contributed by atoms with E-state index >= 15 is 0 Å². The Morgan fingerprint density at radius 3 is 2.88 bits per heavy atom. The summed E-state index contributed by atoms with van der Waals surface area (Å²) in [5.41, 5.74) is 2.36. The Bertz CT molecular complexity index is 453. The van der Waals surface area contributed by atoms with Crippen LogP contribution in [0.25, 0.3) is 0 Å². The van der Waals surface area contributed by atoms with Gasteiger partial charge in [0.25, 0.3) is 0 Å². The predicted molar refractivity (Wildman–Crippen MR) is 59.4 cm³/mol. The number of methoxy groups -OCH3 is 1. The van der Waals surface area contributed by atoms with Gasteiger partial charge in [0, 0.05) is 6.42 Å². The fourth-order valence-electron chi connectivity index (χ4n) is 1.66. The average molecular weight is 218 g/mol. The molecule has 0 aliphatic rings. The zero-order chi connectivity index (χ0) is 11.4. The fourth-order valence-corrected chi connectivity index (χ4v) is 1.66. The molecule has 0 bridgehead atoms. The van der Waals surface area contributed by atoms with Crippen LogP contribution in [0, 0.1) is 0 Å². The largest absolute Gasteiger partial charge is 0.496 e. The van der Waals surface area contributed by atoms with E-state index in [1.807, 2.05) is 12.1 Å². The highest BCUT2D eigenvalue weighted by Crippen LogP contribution is 2.21. The maximum absolute atomic E-state index is 5.28. The predicted octanol–water partition coefficient (Wildman–Crippen LogP) is 1.36. The molecule has 5 heteroatoms. The third-order valence-corrected chi connectivity index (χ3v) is 2.48. The van der Waals surface area contributed by atoms with E-state index in [2.05, 4.69) is 33.6 Å². The normalized spacial score (nSPS) is 10.4. The molecule has 0 saturated heterocycles. The van der Waals surface area contributed by atoms with Gasteiger partial charge in [0.2, 0.25) is 0 Å². The fraction of sp³-hybridized carbons (Fsp3) is 0.364. The molecule has 16 heavy (non-hydrogen) atoms. The van der Waals surface area contributed by atoms with Gasteiger partial charge in [-0.05, 0) is 23.6 Å². The van der Waals surface area contributed by atoms with Gasteiger partial charge in [0.15, 0.2) is 5.82 Å². The smallest absolute Gasteiger partial charge is 0.178 e. The summed E-state index contributed by atoms with van der Waals surface area (Å²) in [5.74, 6) is 1.63. The first-order chi connectivity index (χ1) is 7.83. The quantitative estimate of drug-likeness (QED) is 0.841. The number of aryl methyl sites for hydroxylation is 1. The topological polar surface area (TPSA) is 63.7 Å². The van der Waals surface area contributed by atoms with Crippen molar-refractivity contribution < 1.29 is 4.74 Å². The lowest BCUT2D eigenvalue weighted by Crippen LogP contribution is -1.95. The number of H-pyrrole nitrogens is 1. The van der Waals surface area contributed by atoms with Crippen LogP contribution < -0.4 is 4.74 Å². The Kier molecular flexibility index (Phi) is 3.14. The molecular formula is C11H14N4O. The molecule has 2 rings (SSSR count). The Hall–Kier alpha value is -1.91. The van der Waals surface area contributed by atoms with Crippen molar-refractivity contribution in [1.29, 1.82) is 0 Å². The number of aromatic nitrogens is 4. The van der Waals surface area contributed by atoms with Gasteiger partial charge in [0.05, 0.1) is 7.11 Å². The van der Waals surface area contributed by atoms with Crippen LogP contribution in [0.5, 0.6) is 5.75 Å². The summed E-state index contributed by atoms with van der Waals surface area (Å²) in [6, 6.07) is 6.12. The van der Waals surface area contributed by atoms with E-state index in [1.165, 1.54) is 11.1 Å². The number of hydrogen-bond donors (Lipinski definition) is 1. The number of benzene rings is 1. The molecule has 1 N–H and O–H groups in total. The van der Waals surface area contributed by atoms with Gasteiger partial charge in [-0.15, -0.1) is 10.2 Å². The summed E-state index contributed by atoms with van der Waals surface area (Å²) in [6.45, 7) is 2.11. The van der Waals surface area contributed by atoms with Crippen molar-refractivity contribution in [3.05, 3.63) is 35.2 Å². The van der Waals surface area contributed by atoms with E-state index in [0.29, 0.717) is 12.2 Å². The monoisotopic (exact) mass is 218 g/mol. The summed E-state index contributed by atoms with van der Waals surface area (Å²) in [4.78, 5) is 0. The molecule has 0 atom stereocenters. The molecule has 0 fully saturated rings. The first-order valence-electron chi connectivity index (χ1n) is 5.21. The molecule has 1 heterocycles. The number of ether oxygens (including phenoxy) is 1. The molecule has 1 aromatic carbocycles. The maximum atomic E-state index is 5.28. The molecule has 0 spiro atoms. The third-order valence-electron chi connectivity index (χ3n) is 2.48. The van der Waals surface area contributed by atoms with Crippen molar-refractivity contribution in [2.24, 2.45) is 0 Å². The Morgan fingerprint density at radius 1 is 1.38 bits per heavy atom. The minimum absolute atomic E-state index is 0.688. The van der Waals surface area contributed by atoms with Crippen LogP contribution in [-0.4, -0.2) is 27.7 Å². The Balaban J connectivity index is 2.22. The van der Waals surface area contributed by atoms with Crippen molar-refractivity contribution in [3.8, 4) is 5.75 Å². The Labute approximate surface area is 93.8 Å². The molecular weight excluding hydrogens is 204 g/mol. The van der Waals surface area contributed by atoms with E-state index in [-0.39, 0.29) is 0 Å². The number of rotatable bonds is 4. The summed E-state index contributed by atoms with van der Waals surface area (Å²) in [5, 5.41) is 13.8. The molecule has 0 radical (unpaired) electrons. The number of hydrogen-bond acceptors (Lipinski definition) is 4. The standard InChI is InChI=1S/C11H14N4O/c1-3-9-6-8(4-5-10(9)16-2)7-11-12-14-15-13-11/h4-6H,3,7H2,1-2H3,(H,12,13,14,15). The molecule has 5 nitrogen and oxygen atoms in total. The van der Waals surface area contributed by atoms with Gasteiger partial charge in [-0.1, -0.05) is 24.3 Å². The van der Waals surface area contributed by atoms with Gasteiger partial charge < -0.3 is 4.74 Å². The van der Waals surface area contributed by atoms with E-state index in [0.717, 1.165) is 12.2 Å². The molecule has 0 saturated carbocycles. The van der Waals surface area contributed by atoms with Gasteiger partial charge >= 0.3 is 0 Å². The van der Waals surface area contributed by atoms with E-state index in [4.69, 9.17) is 4.74 Å². The van der Waals surface area contributed by atoms with Crippen LogP contribution in [0.1, 0.15) is 23.9 Å². The maximum Gasteiger partial charge on any atom is 0.178 e. The minimum atomic E-state index is 0.688. The van der Waals surface area contributed by atoms with Crippen LogP contribution in [0.4, 0.5) is 0 Å². The Morgan fingerprint density at radius 2 is 2.25 bits per heavy atom. The second-order valence-electron chi connectivity index (χ2n) is 3.50. The number of aromatic amines is 1. The van der Waals surface area contributed by atoms with Crippen LogP contribution >= 0.6 is 0 Å². The summed E-state index contributed by atoms with van der Waals surface area (Å²) < 4.78 is 5.28. The summed E-state index contributed by atoms with van der Waals surface area (Å²) >= 11 is 0. The van der Waals surface area contributed by atoms with Crippen molar-refractivity contribution in [1.82, 2.24) is 20.6 Å². The van der Waals surface area contributed by atoms with Crippen molar-refractivity contribution in [2.45, 2.75) is 19.8 Å². The second kappa shape index (κ2) is 4.74. The molecule has 1 aromatic heterocycles. The zero-order valence-corrected chi connectivity index (χ0v) is 9.40. The van der Waals surface area contributed by atoms with Crippen LogP contribution in [0.2, 0.25) is 0 Å². The molecule has 0 aliphatic heterocycles. The molecule has 0 unspecified atom stereocenters. The van der Waals surface area contributed by atoms with Crippen LogP contribution in [0.3, 0.4) is 0 Å². The zero-order valence-electron chi connectivity index (χ0n) is 9.40. The number of nitrogens with zero attached hydrogens (tertiary/aromatic N) is 3. The van der Waals surface area contributed by atoms with Crippen molar-refractivity contribution in [2.75, 3.05) is 7.11 Å². The van der Waals surface area contributed by atoms with E-state index < -0.39 is 0 Å². The van der Waals surface area contributed by atoms with Gasteiger partial charge in [-0.2, -0.15) is 5.21 Å². The van der Waals surface area contributed by atoms with Gasteiger partial charge in [-0.25, -0.2) is 0 Å². The minimum Gasteiger partial charge on any atom is -0.496 e. The number of tetrazole rings is 1. The highest BCUT2D eigenvalue weighted by Gasteiger charge is 2.05. The summed E-state index contributed by atoms with van der Waals surface area (Å²) in [6.07, 6.45) is 1.64. The molecule has 0 aliphatic carbocycles. The molecule has 84 valence electrons.